The summed E-state index contributed by atoms with van der Waals surface area (Å²) in [5, 5.41) is 2.60. The van der Waals surface area contributed by atoms with Crippen LogP contribution in [0.5, 0.6) is 0 Å². The first-order valence-corrected chi connectivity index (χ1v) is 9.89. The number of amides is 1. The normalized spacial score (nSPS) is 11.3. The second-order valence-corrected chi connectivity index (χ2v) is 8.38. The van der Waals surface area contributed by atoms with Crippen LogP contribution in [0.3, 0.4) is 0 Å². The van der Waals surface area contributed by atoms with Gasteiger partial charge in [0, 0.05) is 7.05 Å². The maximum atomic E-state index is 12.8. The molecule has 1 amide bonds. The van der Waals surface area contributed by atoms with Crippen LogP contribution in [0.15, 0.2) is 41.3 Å². The first-order valence-electron chi connectivity index (χ1n) is 8.07. The van der Waals surface area contributed by atoms with Crippen LogP contribution in [0, 0.1) is 6.92 Å². The number of halogens is 1. The van der Waals surface area contributed by atoms with E-state index in [1.165, 1.54) is 38.4 Å². The minimum atomic E-state index is -3.97. The maximum absolute atomic E-state index is 12.8. The highest BCUT2D eigenvalue weighted by Gasteiger charge is 2.27. The number of carbonyl (C=O) groups is 2. The highest BCUT2D eigenvalue weighted by Crippen LogP contribution is 2.27. The molecule has 0 bridgehead atoms. The molecule has 0 spiro atoms. The van der Waals surface area contributed by atoms with Crippen molar-refractivity contribution in [3.8, 4) is 0 Å². The number of likely N-dealkylation sites (N-methyl/N-ethyl adjacent to an activating group) is 1. The summed E-state index contributed by atoms with van der Waals surface area (Å²) in [7, 11) is -1.45. The molecule has 0 aliphatic rings. The summed E-state index contributed by atoms with van der Waals surface area (Å²) in [5.41, 5.74) is 6.93. The lowest BCUT2D eigenvalue weighted by atomic mass is 10.1. The summed E-state index contributed by atoms with van der Waals surface area (Å²) in [4.78, 5) is 23.7. The number of methoxy groups -OCH3 is 1. The van der Waals surface area contributed by atoms with Crippen LogP contribution in [0.1, 0.15) is 15.9 Å². The molecule has 0 unspecified atom stereocenters. The first-order chi connectivity index (χ1) is 13.1. The number of esters is 1. The molecule has 0 aliphatic carbocycles. The minimum Gasteiger partial charge on any atom is -0.465 e. The summed E-state index contributed by atoms with van der Waals surface area (Å²) >= 11 is 6.04. The van der Waals surface area contributed by atoms with Gasteiger partial charge in [-0.25, -0.2) is 13.2 Å². The van der Waals surface area contributed by atoms with E-state index >= 15 is 0 Å². The minimum absolute atomic E-state index is 0.0473. The number of nitrogens with one attached hydrogen (secondary N) is 1. The van der Waals surface area contributed by atoms with E-state index in [0.717, 1.165) is 4.31 Å². The van der Waals surface area contributed by atoms with Crippen LogP contribution in [-0.2, 0) is 19.6 Å². The zero-order valence-electron chi connectivity index (χ0n) is 15.5. The molecule has 0 saturated heterocycles. The predicted molar refractivity (Wildman–Crippen MR) is 107 cm³/mol. The molecule has 0 heterocycles. The van der Waals surface area contributed by atoms with Gasteiger partial charge in [0.1, 0.15) is 4.90 Å². The van der Waals surface area contributed by atoms with E-state index in [0.29, 0.717) is 5.56 Å². The summed E-state index contributed by atoms with van der Waals surface area (Å²) < 4.78 is 31.0. The zero-order valence-corrected chi connectivity index (χ0v) is 17.1. The number of anilines is 2. The van der Waals surface area contributed by atoms with E-state index in [1.54, 1.807) is 19.1 Å². The molecule has 28 heavy (non-hydrogen) atoms. The maximum Gasteiger partial charge on any atom is 0.337 e. The Morgan fingerprint density at radius 2 is 1.93 bits per heavy atom. The zero-order chi connectivity index (χ0) is 21.1. The predicted octanol–water partition coefficient (Wildman–Crippen LogP) is 2.28. The number of aryl methyl sites for hydroxylation is 1. The third-order valence-electron chi connectivity index (χ3n) is 3.95. The van der Waals surface area contributed by atoms with Gasteiger partial charge in [-0.15, -0.1) is 0 Å². The van der Waals surface area contributed by atoms with Gasteiger partial charge in [0.15, 0.2) is 0 Å². The van der Waals surface area contributed by atoms with Crippen molar-refractivity contribution in [2.75, 3.05) is 31.8 Å². The van der Waals surface area contributed by atoms with E-state index < -0.39 is 28.4 Å². The number of benzene rings is 2. The third-order valence-corrected chi connectivity index (χ3v) is 6.38. The fourth-order valence-corrected chi connectivity index (χ4v) is 4.40. The molecular weight excluding hydrogens is 406 g/mol. The Morgan fingerprint density at radius 3 is 2.50 bits per heavy atom. The standard InChI is InChI=1S/C18H20ClN3O5S/c1-11-5-4-6-13(19)17(11)28(25,26)22(2)10-16(23)21-15-8-7-12(9-14(15)20)18(24)27-3/h4-9H,10,20H2,1-3H3,(H,21,23). The number of carbonyl (C=O) groups excluding carboxylic acids is 2. The van der Waals surface area contributed by atoms with Crippen LogP contribution in [0.25, 0.3) is 0 Å². The third kappa shape index (κ3) is 4.61. The van der Waals surface area contributed by atoms with Gasteiger partial charge in [-0.2, -0.15) is 4.31 Å². The number of nitrogens with zero attached hydrogens (tertiary/aromatic N) is 1. The van der Waals surface area contributed by atoms with Crippen molar-refractivity contribution >= 4 is 44.9 Å². The smallest absolute Gasteiger partial charge is 0.337 e. The Balaban J connectivity index is 2.16. The average molecular weight is 426 g/mol. The van der Waals surface area contributed by atoms with Crippen molar-refractivity contribution in [1.29, 1.82) is 0 Å². The number of hydrogen-bond acceptors (Lipinski definition) is 6. The number of nitrogen functional groups attached to an aromatic ring is 1. The van der Waals surface area contributed by atoms with Crippen molar-refractivity contribution in [1.82, 2.24) is 4.31 Å². The molecule has 0 radical (unpaired) electrons. The summed E-state index contributed by atoms with van der Waals surface area (Å²) in [5.74, 6) is -1.17. The Hall–Kier alpha value is -2.62. The summed E-state index contributed by atoms with van der Waals surface area (Å²) in [6.07, 6.45) is 0. The molecule has 8 nitrogen and oxygen atoms in total. The SMILES string of the molecule is COC(=O)c1ccc(NC(=O)CN(C)S(=O)(=O)c2c(C)cccc2Cl)c(N)c1. The van der Waals surface area contributed by atoms with E-state index in [4.69, 9.17) is 17.3 Å². The van der Waals surface area contributed by atoms with Crippen molar-refractivity contribution in [3.05, 3.63) is 52.5 Å². The number of rotatable bonds is 6. The number of nitrogens with two attached hydrogens (primary N) is 1. The lowest BCUT2D eigenvalue weighted by Gasteiger charge is -2.19. The molecule has 0 aromatic heterocycles. The van der Waals surface area contributed by atoms with Crippen LogP contribution >= 0.6 is 11.6 Å². The molecule has 2 aromatic rings. The second kappa shape index (κ2) is 8.59. The van der Waals surface area contributed by atoms with Gasteiger partial charge in [-0.05, 0) is 36.8 Å². The Bertz CT molecular complexity index is 1000. The molecule has 150 valence electrons. The van der Waals surface area contributed by atoms with E-state index in [-0.39, 0.29) is 26.9 Å². The van der Waals surface area contributed by atoms with Gasteiger partial charge in [0.2, 0.25) is 15.9 Å². The molecule has 2 rings (SSSR count). The Kier molecular flexibility index (Phi) is 6.65. The van der Waals surface area contributed by atoms with Crippen LogP contribution in [0.4, 0.5) is 11.4 Å². The highest BCUT2D eigenvalue weighted by molar-refractivity contribution is 7.89. The topological polar surface area (TPSA) is 119 Å². The largest absolute Gasteiger partial charge is 0.465 e. The molecule has 10 heteroatoms. The monoisotopic (exact) mass is 425 g/mol. The fourth-order valence-electron chi connectivity index (χ4n) is 2.50. The number of hydrogen-bond donors (Lipinski definition) is 2. The molecular formula is C18H20ClN3O5S. The van der Waals surface area contributed by atoms with Gasteiger partial charge >= 0.3 is 5.97 Å². The van der Waals surface area contributed by atoms with Crippen molar-refractivity contribution in [2.45, 2.75) is 11.8 Å². The first kappa shape index (κ1) is 21.7. The lowest BCUT2D eigenvalue weighted by molar-refractivity contribution is -0.116. The quantitative estimate of drug-likeness (QED) is 0.541. The highest BCUT2D eigenvalue weighted by atomic mass is 35.5. The molecule has 0 fully saturated rings. The Morgan fingerprint density at radius 1 is 1.25 bits per heavy atom. The van der Waals surface area contributed by atoms with Gasteiger partial charge in [-0.3, -0.25) is 4.79 Å². The average Bonchev–Trinajstić information content (AvgIpc) is 2.62. The van der Waals surface area contributed by atoms with E-state index in [1.807, 2.05) is 0 Å². The van der Waals surface area contributed by atoms with Gasteiger partial charge < -0.3 is 15.8 Å². The molecule has 0 atom stereocenters. The van der Waals surface area contributed by atoms with Crippen molar-refractivity contribution in [3.63, 3.8) is 0 Å². The van der Waals surface area contributed by atoms with Crippen LogP contribution < -0.4 is 11.1 Å². The van der Waals surface area contributed by atoms with E-state index in [2.05, 4.69) is 10.1 Å². The van der Waals surface area contributed by atoms with Gasteiger partial charge in [0.25, 0.3) is 0 Å². The molecule has 0 aliphatic heterocycles. The molecule has 3 N–H and O–H groups in total. The van der Waals surface area contributed by atoms with Gasteiger partial charge in [0.05, 0.1) is 35.6 Å². The number of sulfonamides is 1. The molecule has 2 aromatic carbocycles. The van der Waals surface area contributed by atoms with Gasteiger partial charge in [-0.1, -0.05) is 23.7 Å². The van der Waals surface area contributed by atoms with Crippen LogP contribution in [-0.4, -0.2) is 45.3 Å². The Labute approximate surface area is 168 Å². The fraction of sp³-hybridized carbons (Fsp3) is 0.222. The second-order valence-electron chi connectivity index (χ2n) is 5.99. The lowest BCUT2D eigenvalue weighted by Crippen LogP contribution is -2.35. The summed E-state index contributed by atoms with van der Waals surface area (Å²) in [6, 6.07) is 8.96. The van der Waals surface area contributed by atoms with Crippen molar-refractivity contribution < 1.29 is 22.7 Å². The molecule has 0 saturated carbocycles. The van der Waals surface area contributed by atoms with Crippen LogP contribution in [0.2, 0.25) is 5.02 Å². The van der Waals surface area contributed by atoms with E-state index in [9.17, 15) is 18.0 Å². The number of ether oxygens (including phenoxy) is 1. The summed E-state index contributed by atoms with van der Waals surface area (Å²) in [6.45, 7) is 1.17. The van der Waals surface area contributed by atoms with Crippen molar-refractivity contribution in [2.24, 2.45) is 0 Å².